The number of sulfone groups is 1. The van der Waals surface area contributed by atoms with E-state index in [4.69, 9.17) is 5.73 Å². The highest BCUT2D eigenvalue weighted by molar-refractivity contribution is 8.01. The molecule has 112 valence electrons. The Bertz CT molecular complexity index is 602. The van der Waals surface area contributed by atoms with Crippen molar-refractivity contribution in [3.63, 3.8) is 0 Å². The van der Waals surface area contributed by atoms with Crippen LogP contribution in [0.3, 0.4) is 0 Å². The number of hydrogen-bond donors (Lipinski definition) is 1. The largest absolute Gasteiger partial charge is 0.338 e. The molecule has 1 aliphatic heterocycles. The molecule has 20 heavy (non-hydrogen) atoms. The fourth-order valence-electron chi connectivity index (χ4n) is 2.51. The lowest BCUT2D eigenvalue weighted by Gasteiger charge is -2.36. The number of nitrogens with zero attached hydrogens (tertiary/aromatic N) is 2. The Morgan fingerprint density at radius 2 is 2.20 bits per heavy atom. The van der Waals surface area contributed by atoms with Crippen LogP contribution in [0.25, 0.3) is 0 Å². The zero-order chi connectivity index (χ0) is 14.9. The lowest BCUT2D eigenvalue weighted by atomic mass is 10.1. The Balaban J connectivity index is 2.53. The highest BCUT2D eigenvalue weighted by atomic mass is 32.2. The number of aromatic nitrogens is 1. The van der Waals surface area contributed by atoms with Crippen molar-refractivity contribution in [2.75, 3.05) is 29.2 Å². The number of nitrogens with two attached hydrogens (primary N) is 1. The van der Waals surface area contributed by atoms with Crippen LogP contribution in [0.1, 0.15) is 16.8 Å². The van der Waals surface area contributed by atoms with Gasteiger partial charge in [0.2, 0.25) is 0 Å². The summed E-state index contributed by atoms with van der Waals surface area (Å²) in [7, 11) is -3.15. The summed E-state index contributed by atoms with van der Waals surface area (Å²) in [5.74, 6) is 2.23. The maximum atomic E-state index is 12.0. The van der Waals surface area contributed by atoms with E-state index in [-0.39, 0.29) is 0 Å². The van der Waals surface area contributed by atoms with Crippen molar-refractivity contribution < 1.29 is 8.42 Å². The van der Waals surface area contributed by atoms with Crippen molar-refractivity contribution in [3.05, 3.63) is 22.9 Å². The van der Waals surface area contributed by atoms with Gasteiger partial charge in [0.15, 0.2) is 9.84 Å². The Hall–Kier alpha value is -0.790. The molecule has 1 aromatic rings. The molecule has 1 aromatic heterocycles. The lowest BCUT2D eigenvalue weighted by Crippen LogP contribution is -2.48. The van der Waals surface area contributed by atoms with E-state index in [1.54, 1.807) is 11.8 Å². The minimum Gasteiger partial charge on any atom is -0.338 e. The monoisotopic (exact) mass is 315 g/mol. The zero-order valence-electron chi connectivity index (χ0n) is 12.1. The van der Waals surface area contributed by atoms with E-state index >= 15 is 0 Å². The van der Waals surface area contributed by atoms with E-state index in [9.17, 15) is 8.42 Å². The summed E-state index contributed by atoms with van der Waals surface area (Å²) in [5, 5.41) is -0.514. The molecule has 0 radical (unpaired) electrons. The van der Waals surface area contributed by atoms with E-state index in [1.807, 2.05) is 24.8 Å². The number of hydrogen-bond acceptors (Lipinski definition) is 6. The predicted molar refractivity (Wildman–Crippen MR) is 84.9 cm³/mol. The maximum absolute atomic E-state index is 12.0. The first-order valence-electron chi connectivity index (χ1n) is 6.55. The molecule has 0 aliphatic carbocycles. The van der Waals surface area contributed by atoms with Crippen LogP contribution >= 0.6 is 11.8 Å². The average Bonchev–Trinajstić information content (AvgIpc) is 2.37. The molecule has 2 heterocycles. The maximum Gasteiger partial charge on any atom is 0.169 e. The summed E-state index contributed by atoms with van der Waals surface area (Å²) in [6.07, 6.45) is 1.29. The SMILES string of the molecule is Cc1cc(C)c(CN)c(N2CCSCC2S(C)(=O)=O)n1. The first kappa shape index (κ1) is 15.6. The second-order valence-corrected chi connectivity index (χ2v) is 8.49. The molecule has 1 atom stereocenters. The van der Waals surface area contributed by atoms with Crippen molar-refractivity contribution in [2.45, 2.75) is 25.8 Å². The molecule has 2 N–H and O–H groups in total. The van der Waals surface area contributed by atoms with Crippen LogP contribution in [0.4, 0.5) is 5.82 Å². The first-order valence-corrected chi connectivity index (χ1v) is 9.66. The van der Waals surface area contributed by atoms with Crippen LogP contribution in [-0.2, 0) is 16.4 Å². The Labute approximate surface area is 124 Å². The topological polar surface area (TPSA) is 76.3 Å². The van der Waals surface area contributed by atoms with Gasteiger partial charge in [-0.15, -0.1) is 0 Å². The summed E-state index contributed by atoms with van der Waals surface area (Å²) in [4.78, 5) is 6.48. The molecule has 7 heteroatoms. The summed E-state index contributed by atoms with van der Waals surface area (Å²) in [6, 6.07) is 1.99. The molecule has 0 aromatic carbocycles. The van der Waals surface area contributed by atoms with Gasteiger partial charge in [0.1, 0.15) is 11.2 Å². The predicted octanol–water partition coefficient (Wildman–Crippen LogP) is 1.08. The van der Waals surface area contributed by atoms with Gasteiger partial charge in [-0.3, -0.25) is 0 Å². The van der Waals surface area contributed by atoms with Crippen molar-refractivity contribution in [1.82, 2.24) is 4.98 Å². The molecule has 2 rings (SSSR count). The van der Waals surface area contributed by atoms with E-state index in [0.717, 1.165) is 28.4 Å². The second-order valence-electron chi connectivity index (χ2n) is 5.14. The molecule has 5 nitrogen and oxygen atoms in total. The number of thioether (sulfide) groups is 1. The van der Waals surface area contributed by atoms with Crippen LogP contribution < -0.4 is 10.6 Å². The first-order chi connectivity index (χ1) is 9.34. The number of rotatable bonds is 3. The van der Waals surface area contributed by atoms with Crippen LogP contribution in [0.15, 0.2) is 6.07 Å². The minimum atomic E-state index is -3.15. The Kier molecular flexibility index (Phi) is 4.61. The fraction of sp³-hybridized carbons (Fsp3) is 0.615. The van der Waals surface area contributed by atoms with Gasteiger partial charge in [-0.05, 0) is 25.5 Å². The summed E-state index contributed by atoms with van der Waals surface area (Å²) in [5.41, 5.74) is 8.74. The van der Waals surface area contributed by atoms with Gasteiger partial charge in [-0.2, -0.15) is 11.8 Å². The van der Waals surface area contributed by atoms with Crippen molar-refractivity contribution in [2.24, 2.45) is 5.73 Å². The molecule has 1 saturated heterocycles. The van der Waals surface area contributed by atoms with Gasteiger partial charge in [-0.1, -0.05) is 0 Å². The summed E-state index contributed by atoms with van der Waals surface area (Å²) in [6.45, 7) is 4.97. The van der Waals surface area contributed by atoms with Crippen LogP contribution in [0, 0.1) is 13.8 Å². The Morgan fingerprint density at radius 1 is 1.50 bits per heavy atom. The lowest BCUT2D eigenvalue weighted by molar-refractivity contribution is 0.583. The molecule has 1 aliphatic rings. The molecule has 0 spiro atoms. The van der Waals surface area contributed by atoms with Gasteiger partial charge in [0.25, 0.3) is 0 Å². The van der Waals surface area contributed by atoms with E-state index in [2.05, 4.69) is 4.98 Å². The van der Waals surface area contributed by atoms with Crippen molar-refractivity contribution in [3.8, 4) is 0 Å². The fourth-order valence-corrected chi connectivity index (χ4v) is 5.33. The van der Waals surface area contributed by atoms with Gasteiger partial charge >= 0.3 is 0 Å². The normalized spacial score (nSPS) is 20.2. The van der Waals surface area contributed by atoms with Crippen LogP contribution in [0.5, 0.6) is 0 Å². The van der Waals surface area contributed by atoms with E-state index in [0.29, 0.717) is 18.8 Å². The molecular formula is C13H21N3O2S2. The van der Waals surface area contributed by atoms with Crippen LogP contribution in [-0.4, -0.2) is 43.1 Å². The molecule has 0 saturated carbocycles. The molecule has 1 fully saturated rings. The average molecular weight is 315 g/mol. The van der Waals surface area contributed by atoms with Gasteiger partial charge in [0.05, 0.1) is 0 Å². The third-order valence-electron chi connectivity index (χ3n) is 3.51. The van der Waals surface area contributed by atoms with Gasteiger partial charge in [0, 0.05) is 42.1 Å². The molecular weight excluding hydrogens is 294 g/mol. The number of aryl methyl sites for hydroxylation is 2. The van der Waals surface area contributed by atoms with E-state index < -0.39 is 15.2 Å². The molecule has 0 amide bonds. The van der Waals surface area contributed by atoms with Gasteiger partial charge < -0.3 is 10.6 Å². The summed E-state index contributed by atoms with van der Waals surface area (Å²) >= 11 is 1.67. The van der Waals surface area contributed by atoms with E-state index in [1.165, 1.54) is 6.26 Å². The zero-order valence-corrected chi connectivity index (χ0v) is 13.7. The number of pyridine rings is 1. The quantitative estimate of drug-likeness (QED) is 0.899. The highest BCUT2D eigenvalue weighted by Gasteiger charge is 2.33. The standard InChI is InChI=1S/C13H21N3O2S2/c1-9-6-10(2)15-13(11(9)7-14)16-4-5-19-8-12(16)20(3,17)18/h6,12H,4-5,7-8,14H2,1-3H3. The second kappa shape index (κ2) is 5.91. The minimum absolute atomic E-state index is 0.370. The molecule has 0 bridgehead atoms. The van der Waals surface area contributed by atoms with Crippen LogP contribution in [0.2, 0.25) is 0 Å². The third kappa shape index (κ3) is 3.10. The van der Waals surface area contributed by atoms with Crippen molar-refractivity contribution in [1.29, 1.82) is 0 Å². The smallest absolute Gasteiger partial charge is 0.169 e. The highest BCUT2D eigenvalue weighted by Crippen LogP contribution is 2.29. The summed E-state index contributed by atoms with van der Waals surface area (Å²) < 4.78 is 24.1. The Morgan fingerprint density at radius 3 is 2.80 bits per heavy atom. The molecule has 1 unspecified atom stereocenters. The van der Waals surface area contributed by atoms with Gasteiger partial charge in [-0.25, -0.2) is 13.4 Å². The third-order valence-corrected chi connectivity index (χ3v) is 6.15. The number of anilines is 1. The van der Waals surface area contributed by atoms with Crippen molar-refractivity contribution >= 4 is 27.4 Å².